The predicted molar refractivity (Wildman–Crippen MR) is 158 cm³/mol. The summed E-state index contributed by atoms with van der Waals surface area (Å²) in [6.45, 7) is 0. The summed E-state index contributed by atoms with van der Waals surface area (Å²) in [6, 6.07) is 28.7. The second-order valence-corrected chi connectivity index (χ2v) is 10.1. The maximum absolute atomic E-state index is 13.7. The summed E-state index contributed by atoms with van der Waals surface area (Å²) in [6.07, 6.45) is 0. The van der Waals surface area contributed by atoms with E-state index >= 15 is 0 Å². The van der Waals surface area contributed by atoms with E-state index in [2.05, 4.69) is 15.5 Å². The molecule has 0 atom stereocenters. The van der Waals surface area contributed by atoms with E-state index in [-0.39, 0.29) is 11.5 Å². The van der Waals surface area contributed by atoms with Gasteiger partial charge in [0.2, 0.25) is 5.13 Å². The van der Waals surface area contributed by atoms with Gasteiger partial charge < -0.3 is 4.74 Å². The molecule has 40 heavy (non-hydrogen) atoms. The molecule has 0 unspecified atom stereocenters. The number of anilines is 1. The van der Waals surface area contributed by atoms with Crippen molar-refractivity contribution in [3.8, 4) is 33.4 Å². The van der Waals surface area contributed by atoms with Gasteiger partial charge in [-0.2, -0.15) is 0 Å². The molecule has 0 fully saturated rings. The molecule has 0 saturated heterocycles. The molecule has 0 saturated carbocycles. The van der Waals surface area contributed by atoms with Crippen LogP contribution in [0.25, 0.3) is 38.5 Å². The van der Waals surface area contributed by atoms with Crippen molar-refractivity contribution in [1.82, 2.24) is 19.7 Å². The van der Waals surface area contributed by atoms with E-state index in [4.69, 9.17) is 21.3 Å². The molecule has 6 rings (SSSR count). The highest BCUT2D eigenvalue weighted by Crippen LogP contribution is 2.31. The van der Waals surface area contributed by atoms with Crippen LogP contribution in [0.3, 0.4) is 0 Å². The molecule has 0 aliphatic heterocycles. The smallest absolute Gasteiger partial charge is 0.266 e. The third-order valence-electron chi connectivity index (χ3n) is 6.26. The zero-order valence-corrected chi connectivity index (χ0v) is 22.6. The zero-order chi connectivity index (χ0) is 27.6. The third-order valence-corrected chi connectivity index (χ3v) is 7.48. The van der Waals surface area contributed by atoms with E-state index in [0.29, 0.717) is 54.5 Å². The first-order chi connectivity index (χ1) is 19.5. The first-order valence-corrected chi connectivity index (χ1v) is 13.4. The lowest BCUT2D eigenvalue weighted by Gasteiger charge is -2.15. The number of aromatic nitrogens is 4. The predicted octanol–water partition coefficient (Wildman–Crippen LogP) is 6.49. The highest BCUT2D eigenvalue weighted by molar-refractivity contribution is 7.18. The minimum Gasteiger partial charge on any atom is -0.497 e. The molecule has 0 radical (unpaired) electrons. The Morgan fingerprint density at radius 3 is 2.38 bits per heavy atom. The van der Waals surface area contributed by atoms with E-state index in [1.807, 2.05) is 60.7 Å². The fraction of sp³-hybridized carbons (Fsp3) is 0.0333. The van der Waals surface area contributed by atoms with Gasteiger partial charge in [0.15, 0.2) is 0 Å². The number of hydrogen-bond acceptors (Lipinski definition) is 7. The van der Waals surface area contributed by atoms with E-state index in [0.717, 1.165) is 5.56 Å². The van der Waals surface area contributed by atoms with Gasteiger partial charge in [-0.05, 0) is 72.8 Å². The van der Waals surface area contributed by atoms with Crippen molar-refractivity contribution in [2.24, 2.45) is 0 Å². The Hall–Kier alpha value is -4.86. The molecule has 10 heteroatoms. The molecule has 1 N–H and O–H groups in total. The number of methoxy groups -OCH3 is 1. The molecule has 8 nitrogen and oxygen atoms in total. The Morgan fingerprint density at radius 2 is 1.62 bits per heavy atom. The first-order valence-electron chi connectivity index (χ1n) is 12.2. The zero-order valence-electron chi connectivity index (χ0n) is 21.0. The summed E-state index contributed by atoms with van der Waals surface area (Å²) in [5, 5.41) is 13.1. The van der Waals surface area contributed by atoms with Gasteiger partial charge in [-0.1, -0.05) is 47.2 Å². The number of amides is 1. The number of rotatable bonds is 6. The van der Waals surface area contributed by atoms with E-state index in [9.17, 15) is 9.59 Å². The molecule has 0 bridgehead atoms. The van der Waals surface area contributed by atoms with Crippen LogP contribution in [0, 0.1) is 0 Å². The Kier molecular flexibility index (Phi) is 6.81. The SMILES string of the molecule is COc1ccc(C(=O)Nc2nnc(-c3ccc(-n4c(-c5ccccc5Cl)nc5ccccc5c4=O)cc3)s2)cc1. The summed E-state index contributed by atoms with van der Waals surface area (Å²) < 4.78 is 6.70. The average Bonchev–Trinajstić information content (AvgIpc) is 3.46. The molecular formula is C30H20ClN5O3S. The number of benzene rings is 4. The summed E-state index contributed by atoms with van der Waals surface area (Å²) in [7, 11) is 1.57. The van der Waals surface area contributed by atoms with Crippen LogP contribution in [-0.4, -0.2) is 32.8 Å². The number of para-hydroxylation sites is 1. The van der Waals surface area contributed by atoms with Gasteiger partial charge in [0, 0.05) is 16.7 Å². The third kappa shape index (κ3) is 4.84. The molecule has 6 aromatic rings. The summed E-state index contributed by atoms with van der Waals surface area (Å²) in [4.78, 5) is 31.1. The molecular weight excluding hydrogens is 546 g/mol. The maximum Gasteiger partial charge on any atom is 0.266 e. The molecule has 2 heterocycles. The second kappa shape index (κ2) is 10.7. The Balaban J connectivity index is 1.32. The number of carbonyl (C=O) groups excluding carboxylic acids is 1. The van der Waals surface area contributed by atoms with E-state index < -0.39 is 0 Å². The lowest BCUT2D eigenvalue weighted by atomic mass is 10.1. The van der Waals surface area contributed by atoms with E-state index in [1.54, 1.807) is 48.1 Å². The molecule has 0 aliphatic carbocycles. The van der Waals surface area contributed by atoms with Crippen molar-refractivity contribution in [2.45, 2.75) is 0 Å². The van der Waals surface area contributed by atoms with Crippen LogP contribution in [0.2, 0.25) is 5.02 Å². The van der Waals surface area contributed by atoms with Crippen LogP contribution in [0.4, 0.5) is 5.13 Å². The van der Waals surface area contributed by atoms with Crippen LogP contribution >= 0.6 is 22.9 Å². The summed E-state index contributed by atoms with van der Waals surface area (Å²) in [5.41, 5.74) is 2.93. The average molecular weight is 566 g/mol. The van der Waals surface area contributed by atoms with Crippen LogP contribution in [0.1, 0.15) is 10.4 Å². The first kappa shape index (κ1) is 25.4. The van der Waals surface area contributed by atoms with Crippen molar-refractivity contribution in [3.05, 3.63) is 118 Å². The Labute approximate surface area is 237 Å². The molecule has 0 aliphatic rings. The molecule has 196 valence electrons. The standard InChI is InChI=1S/C30H20ClN5O3S/c1-39-21-16-12-18(13-17-21)27(37)33-30-35-34-28(40-30)19-10-14-20(15-11-19)36-26(22-6-2-4-8-24(22)31)32-25-9-5-3-7-23(25)29(36)38/h2-17H,1H3,(H,33,35,37). The molecule has 2 aromatic heterocycles. The number of nitrogens with zero attached hydrogens (tertiary/aromatic N) is 4. The van der Waals surface area contributed by atoms with Gasteiger partial charge in [-0.15, -0.1) is 10.2 Å². The second-order valence-electron chi connectivity index (χ2n) is 8.71. The lowest BCUT2D eigenvalue weighted by molar-refractivity contribution is 0.102. The van der Waals surface area contributed by atoms with Gasteiger partial charge in [-0.25, -0.2) is 4.98 Å². The number of halogens is 1. The van der Waals surface area contributed by atoms with Gasteiger partial charge >= 0.3 is 0 Å². The van der Waals surface area contributed by atoms with Crippen molar-refractivity contribution >= 4 is 44.9 Å². The van der Waals surface area contributed by atoms with Crippen molar-refractivity contribution < 1.29 is 9.53 Å². The molecule has 4 aromatic carbocycles. The number of hydrogen-bond donors (Lipinski definition) is 1. The van der Waals surface area contributed by atoms with Crippen LogP contribution in [-0.2, 0) is 0 Å². The molecule has 1 amide bonds. The number of carbonyl (C=O) groups is 1. The van der Waals surface area contributed by atoms with Crippen molar-refractivity contribution in [2.75, 3.05) is 12.4 Å². The number of fused-ring (bicyclic) bond motifs is 1. The van der Waals surface area contributed by atoms with Gasteiger partial charge in [0.25, 0.3) is 11.5 Å². The Bertz CT molecular complexity index is 1920. The quantitative estimate of drug-likeness (QED) is 0.248. The summed E-state index contributed by atoms with van der Waals surface area (Å²) >= 11 is 7.76. The number of nitrogens with one attached hydrogen (secondary N) is 1. The minimum absolute atomic E-state index is 0.201. The van der Waals surface area contributed by atoms with Crippen LogP contribution in [0.15, 0.2) is 102 Å². The Morgan fingerprint density at radius 1 is 0.900 bits per heavy atom. The lowest BCUT2D eigenvalue weighted by Crippen LogP contribution is -2.22. The normalized spacial score (nSPS) is 10.9. The number of ether oxygens (including phenoxy) is 1. The monoisotopic (exact) mass is 565 g/mol. The van der Waals surface area contributed by atoms with Crippen molar-refractivity contribution in [3.63, 3.8) is 0 Å². The maximum atomic E-state index is 13.7. The van der Waals surface area contributed by atoms with E-state index in [1.165, 1.54) is 11.3 Å². The fourth-order valence-corrected chi connectivity index (χ4v) is 5.21. The summed E-state index contributed by atoms with van der Waals surface area (Å²) in [5.74, 6) is 0.816. The highest BCUT2D eigenvalue weighted by Gasteiger charge is 2.17. The van der Waals surface area contributed by atoms with Crippen LogP contribution < -0.4 is 15.6 Å². The fourth-order valence-electron chi connectivity index (χ4n) is 4.25. The topological polar surface area (TPSA) is 99.0 Å². The highest BCUT2D eigenvalue weighted by atomic mass is 35.5. The van der Waals surface area contributed by atoms with Gasteiger partial charge in [0.05, 0.1) is 28.7 Å². The van der Waals surface area contributed by atoms with Gasteiger partial charge in [0.1, 0.15) is 16.6 Å². The van der Waals surface area contributed by atoms with Crippen molar-refractivity contribution in [1.29, 1.82) is 0 Å². The largest absolute Gasteiger partial charge is 0.497 e. The minimum atomic E-state index is -0.295. The molecule has 0 spiro atoms. The van der Waals surface area contributed by atoms with Gasteiger partial charge in [-0.3, -0.25) is 19.5 Å². The van der Waals surface area contributed by atoms with Crippen LogP contribution in [0.5, 0.6) is 5.75 Å².